The summed E-state index contributed by atoms with van der Waals surface area (Å²) >= 11 is 0. The normalized spacial score (nSPS) is 11.2. The van der Waals surface area contributed by atoms with E-state index < -0.39 is 0 Å². The molecule has 0 aliphatic heterocycles. The number of aliphatic hydroxyl groups excluding tert-OH is 1. The molecule has 0 unspecified atom stereocenters. The molecule has 4 nitrogen and oxygen atoms in total. The van der Waals surface area contributed by atoms with Crippen LogP contribution in [0, 0.1) is 5.92 Å². The third kappa shape index (κ3) is 2.54. The molecule has 14 heavy (non-hydrogen) atoms. The Morgan fingerprint density at radius 3 is 2.43 bits per heavy atom. The zero-order valence-electron chi connectivity index (χ0n) is 9.19. The molecule has 80 valence electrons. The van der Waals surface area contributed by atoms with Gasteiger partial charge in [-0.15, -0.1) is 10.2 Å². The molecule has 1 aromatic heterocycles. The highest BCUT2D eigenvalue weighted by molar-refractivity contribution is 4.95. The van der Waals surface area contributed by atoms with Crippen molar-refractivity contribution in [1.82, 2.24) is 14.8 Å². The lowest BCUT2D eigenvalue weighted by Crippen LogP contribution is -2.09. The number of nitrogens with zero attached hydrogens (tertiary/aromatic N) is 3. The molecule has 0 saturated heterocycles. The van der Waals surface area contributed by atoms with Gasteiger partial charge < -0.3 is 9.67 Å². The van der Waals surface area contributed by atoms with Gasteiger partial charge in [0.15, 0.2) is 5.82 Å². The summed E-state index contributed by atoms with van der Waals surface area (Å²) in [5.41, 5.74) is 0. The number of hydrogen-bond donors (Lipinski definition) is 1. The fourth-order valence-electron chi connectivity index (χ4n) is 1.49. The molecule has 1 rings (SSSR count). The fraction of sp³-hybridized carbons (Fsp3) is 0.800. The fourth-order valence-corrected chi connectivity index (χ4v) is 1.49. The third-order valence-electron chi connectivity index (χ3n) is 2.08. The average Bonchev–Trinajstić information content (AvgIpc) is 2.48. The highest BCUT2D eigenvalue weighted by Crippen LogP contribution is 2.09. The predicted octanol–water partition coefficient (Wildman–Crippen LogP) is 1.38. The molecular weight excluding hydrogens is 178 g/mol. The van der Waals surface area contributed by atoms with E-state index in [1.165, 1.54) is 0 Å². The first-order valence-corrected chi connectivity index (χ1v) is 5.20. The minimum atomic E-state index is -0.0227. The highest BCUT2D eigenvalue weighted by atomic mass is 16.3. The van der Waals surface area contributed by atoms with Crippen molar-refractivity contribution in [3.8, 4) is 0 Å². The van der Waals surface area contributed by atoms with Gasteiger partial charge in [0.2, 0.25) is 0 Å². The maximum absolute atomic E-state index is 9.07. The van der Waals surface area contributed by atoms with Crippen LogP contribution in [0.5, 0.6) is 0 Å². The summed E-state index contributed by atoms with van der Waals surface area (Å²) in [5, 5.41) is 17.1. The van der Waals surface area contributed by atoms with E-state index in [9.17, 15) is 0 Å². The van der Waals surface area contributed by atoms with Crippen LogP contribution >= 0.6 is 0 Å². The van der Waals surface area contributed by atoms with Crippen LogP contribution in [-0.2, 0) is 19.6 Å². The summed E-state index contributed by atoms with van der Waals surface area (Å²) in [6.07, 6.45) is 1.96. The molecule has 0 aliphatic carbocycles. The Morgan fingerprint density at radius 2 is 1.93 bits per heavy atom. The van der Waals surface area contributed by atoms with Gasteiger partial charge in [-0.05, 0) is 12.3 Å². The van der Waals surface area contributed by atoms with Crippen LogP contribution in [0.1, 0.15) is 38.8 Å². The van der Waals surface area contributed by atoms with Crippen molar-refractivity contribution >= 4 is 0 Å². The van der Waals surface area contributed by atoms with Crippen molar-refractivity contribution in [2.75, 3.05) is 0 Å². The lowest BCUT2D eigenvalue weighted by molar-refractivity contribution is 0.263. The first-order valence-electron chi connectivity index (χ1n) is 5.20. The Hall–Kier alpha value is -0.900. The molecule has 0 amide bonds. The molecule has 0 bridgehead atoms. The molecule has 0 spiro atoms. The maximum atomic E-state index is 9.07. The van der Waals surface area contributed by atoms with Gasteiger partial charge in [-0.1, -0.05) is 20.8 Å². The van der Waals surface area contributed by atoms with Crippen molar-refractivity contribution < 1.29 is 5.11 Å². The van der Waals surface area contributed by atoms with E-state index in [1.807, 2.05) is 4.57 Å². The van der Waals surface area contributed by atoms with Gasteiger partial charge in [0.05, 0.1) is 0 Å². The van der Waals surface area contributed by atoms with E-state index in [2.05, 4.69) is 31.0 Å². The molecule has 0 fully saturated rings. The molecule has 4 heteroatoms. The molecule has 1 heterocycles. The van der Waals surface area contributed by atoms with E-state index >= 15 is 0 Å². The Balaban J connectivity index is 2.86. The smallest absolute Gasteiger partial charge is 0.158 e. The van der Waals surface area contributed by atoms with Gasteiger partial charge in [-0.2, -0.15) is 0 Å². The minimum Gasteiger partial charge on any atom is -0.388 e. The molecule has 0 aromatic carbocycles. The van der Waals surface area contributed by atoms with Crippen LogP contribution in [0.15, 0.2) is 0 Å². The molecule has 1 N–H and O–H groups in total. The summed E-state index contributed by atoms with van der Waals surface area (Å²) < 4.78 is 2.03. The molecule has 0 radical (unpaired) electrons. The third-order valence-corrected chi connectivity index (χ3v) is 2.08. The van der Waals surface area contributed by atoms with E-state index in [0.29, 0.717) is 11.7 Å². The Labute approximate surface area is 85.0 Å². The van der Waals surface area contributed by atoms with Crippen molar-refractivity contribution in [3.63, 3.8) is 0 Å². The van der Waals surface area contributed by atoms with E-state index in [-0.39, 0.29) is 6.61 Å². The van der Waals surface area contributed by atoms with Crippen molar-refractivity contribution in [2.45, 2.75) is 46.8 Å². The second kappa shape index (κ2) is 5.10. The van der Waals surface area contributed by atoms with Crippen LogP contribution in [0.25, 0.3) is 0 Å². The van der Waals surface area contributed by atoms with Crippen LogP contribution in [0.2, 0.25) is 0 Å². The lowest BCUT2D eigenvalue weighted by atomic mass is 10.1. The first kappa shape index (κ1) is 11.2. The lowest BCUT2D eigenvalue weighted by Gasteiger charge is -2.08. The van der Waals surface area contributed by atoms with Gasteiger partial charge in [-0.25, -0.2) is 0 Å². The predicted molar refractivity (Wildman–Crippen MR) is 54.8 cm³/mol. The largest absolute Gasteiger partial charge is 0.388 e. The summed E-state index contributed by atoms with van der Waals surface area (Å²) in [5.74, 6) is 2.25. The number of hydrogen-bond acceptors (Lipinski definition) is 3. The SMILES string of the molecule is CCCn1c(CO)nnc1CC(C)C. The quantitative estimate of drug-likeness (QED) is 0.775. The van der Waals surface area contributed by atoms with Crippen LogP contribution in [0.4, 0.5) is 0 Å². The van der Waals surface area contributed by atoms with Gasteiger partial charge in [-0.3, -0.25) is 0 Å². The van der Waals surface area contributed by atoms with Crippen LogP contribution in [0.3, 0.4) is 0 Å². The topological polar surface area (TPSA) is 50.9 Å². The Bertz CT molecular complexity index is 281. The Morgan fingerprint density at radius 1 is 1.29 bits per heavy atom. The number of aromatic nitrogens is 3. The van der Waals surface area contributed by atoms with Crippen molar-refractivity contribution in [3.05, 3.63) is 11.6 Å². The number of aliphatic hydroxyl groups is 1. The minimum absolute atomic E-state index is 0.0227. The maximum Gasteiger partial charge on any atom is 0.158 e. The average molecular weight is 197 g/mol. The highest BCUT2D eigenvalue weighted by Gasteiger charge is 2.11. The van der Waals surface area contributed by atoms with Gasteiger partial charge in [0.1, 0.15) is 12.4 Å². The van der Waals surface area contributed by atoms with Gasteiger partial charge in [0.25, 0.3) is 0 Å². The standard InChI is InChI=1S/C10H19N3O/c1-4-5-13-9(6-8(2)3)11-12-10(13)7-14/h8,14H,4-7H2,1-3H3. The monoisotopic (exact) mass is 197 g/mol. The molecule has 0 aliphatic rings. The van der Waals surface area contributed by atoms with Crippen LogP contribution < -0.4 is 0 Å². The zero-order valence-corrected chi connectivity index (χ0v) is 9.19. The molecule has 1 aromatic rings. The van der Waals surface area contributed by atoms with Gasteiger partial charge in [0, 0.05) is 13.0 Å². The molecular formula is C10H19N3O. The first-order chi connectivity index (χ1) is 6.69. The van der Waals surface area contributed by atoms with Crippen molar-refractivity contribution in [2.24, 2.45) is 5.92 Å². The van der Waals surface area contributed by atoms with Crippen molar-refractivity contribution in [1.29, 1.82) is 0 Å². The summed E-state index contributed by atoms with van der Waals surface area (Å²) in [6.45, 7) is 7.30. The second-order valence-corrected chi connectivity index (χ2v) is 3.94. The molecule has 0 saturated carbocycles. The Kier molecular flexibility index (Phi) is 4.07. The van der Waals surface area contributed by atoms with Crippen LogP contribution in [-0.4, -0.2) is 19.9 Å². The van der Waals surface area contributed by atoms with E-state index in [0.717, 1.165) is 25.2 Å². The summed E-state index contributed by atoms with van der Waals surface area (Å²) in [6, 6.07) is 0. The number of rotatable bonds is 5. The second-order valence-electron chi connectivity index (χ2n) is 3.94. The van der Waals surface area contributed by atoms with E-state index in [1.54, 1.807) is 0 Å². The zero-order chi connectivity index (χ0) is 10.6. The van der Waals surface area contributed by atoms with Gasteiger partial charge >= 0.3 is 0 Å². The molecule has 0 atom stereocenters. The summed E-state index contributed by atoms with van der Waals surface area (Å²) in [4.78, 5) is 0. The summed E-state index contributed by atoms with van der Waals surface area (Å²) in [7, 11) is 0. The van der Waals surface area contributed by atoms with E-state index in [4.69, 9.17) is 5.11 Å².